The summed E-state index contributed by atoms with van der Waals surface area (Å²) >= 11 is 0. The number of rotatable bonds is 3. The van der Waals surface area contributed by atoms with E-state index in [2.05, 4.69) is 45.7 Å². The van der Waals surface area contributed by atoms with Crippen molar-refractivity contribution >= 4 is 16.7 Å². The van der Waals surface area contributed by atoms with Crippen LogP contribution in [0.1, 0.15) is 31.1 Å². The van der Waals surface area contributed by atoms with Crippen LogP contribution in [0, 0.1) is 0 Å². The summed E-state index contributed by atoms with van der Waals surface area (Å²) in [4.78, 5) is 8.03. The van der Waals surface area contributed by atoms with Gasteiger partial charge in [-0.05, 0) is 36.6 Å². The molecule has 4 aromatic rings. The van der Waals surface area contributed by atoms with Crippen LogP contribution >= 0.6 is 0 Å². The van der Waals surface area contributed by atoms with Gasteiger partial charge in [-0.25, -0.2) is 4.98 Å². The lowest BCUT2D eigenvalue weighted by atomic mass is 10.0. The number of aromatic amines is 1. The molecule has 0 bridgehead atoms. The molecule has 23 heavy (non-hydrogen) atoms. The van der Waals surface area contributed by atoms with Gasteiger partial charge >= 0.3 is 0 Å². The van der Waals surface area contributed by atoms with Gasteiger partial charge in [0, 0.05) is 11.8 Å². The zero-order valence-corrected chi connectivity index (χ0v) is 13.2. The molecule has 1 aromatic carbocycles. The van der Waals surface area contributed by atoms with Crippen LogP contribution in [0.3, 0.4) is 0 Å². The van der Waals surface area contributed by atoms with Gasteiger partial charge in [0.05, 0.1) is 29.0 Å². The van der Waals surface area contributed by atoms with Crippen molar-refractivity contribution in [2.75, 3.05) is 0 Å². The third kappa shape index (κ3) is 2.14. The monoisotopic (exact) mass is 305 g/mol. The lowest BCUT2D eigenvalue weighted by Crippen LogP contribution is -1.92. The average molecular weight is 305 g/mol. The fourth-order valence-electron chi connectivity index (χ4n) is 3.22. The quantitative estimate of drug-likeness (QED) is 0.599. The molecule has 3 heterocycles. The van der Waals surface area contributed by atoms with Gasteiger partial charge in [-0.1, -0.05) is 31.2 Å². The molecule has 0 spiro atoms. The van der Waals surface area contributed by atoms with Gasteiger partial charge in [0.1, 0.15) is 0 Å². The number of hydrogen-bond donors (Lipinski definition) is 2. The smallest absolute Gasteiger partial charge is 0.155 e. The van der Waals surface area contributed by atoms with E-state index in [4.69, 9.17) is 0 Å². The fourth-order valence-corrected chi connectivity index (χ4v) is 3.22. The second-order valence-corrected chi connectivity index (χ2v) is 5.89. The number of benzene rings is 1. The SMILES string of the molecule is CCc1c(-c2ccc(C(C)O)cc2)[nH]c2ncc3cccn3c12. The molecule has 1 unspecified atom stereocenters. The van der Waals surface area contributed by atoms with Crippen molar-refractivity contribution in [1.29, 1.82) is 0 Å². The summed E-state index contributed by atoms with van der Waals surface area (Å²) in [6.45, 7) is 3.95. The van der Waals surface area contributed by atoms with Crippen LogP contribution in [0.5, 0.6) is 0 Å². The largest absolute Gasteiger partial charge is 0.389 e. The van der Waals surface area contributed by atoms with E-state index in [1.165, 1.54) is 5.56 Å². The lowest BCUT2D eigenvalue weighted by molar-refractivity contribution is 0.199. The molecule has 0 aliphatic carbocycles. The Morgan fingerprint density at radius 3 is 2.70 bits per heavy atom. The summed E-state index contributed by atoms with van der Waals surface area (Å²) in [5.41, 5.74) is 7.55. The van der Waals surface area contributed by atoms with Crippen LogP contribution < -0.4 is 0 Å². The van der Waals surface area contributed by atoms with Gasteiger partial charge in [0.25, 0.3) is 0 Å². The van der Waals surface area contributed by atoms with Crippen molar-refractivity contribution < 1.29 is 5.11 Å². The summed E-state index contributed by atoms with van der Waals surface area (Å²) in [6, 6.07) is 12.2. The molecule has 2 N–H and O–H groups in total. The van der Waals surface area contributed by atoms with Crippen molar-refractivity contribution in [3.63, 3.8) is 0 Å². The van der Waals surface area contributed by atoms with Crippen molar-refractivity contribution in [2.45, 2.75) is 26.4 Å². The minimum absolute atomic E-state index is 0.446. The standard InChI is InChI=1S/C19H19N3O/c1-3-16-17(14-8-6-13(7-9-14)12(2)23)21-19-18(16)22-10-4-5-15(22)11-20-19/h4-12,21,23H,3H2,1-2H3. The molecule has 4 nitrogen and oxygen atoms in total. The second kappa shape index (κ2) is 5.25. The topological polar surface area (TPSA) is 53.3 Å². The summed E-state index contributed by atoms with van der Waals surface area (Å²) in [5, 5.41) is 9.67. The zero-order chi connectivity index (χ0) is 16.0. The second-order valence-electron chi connectivity index (χ2n) is 5.89. The Morgan fingerprint density at radius 2 is 2.00 bits per heavy atom. The van der Waals surface area contributed by atoms with Crippen LogP contribution in [-0.4, -0.2) is 19.5 Å². The van der Waals surface area contributed by atoms with E-state index in [1.807, 2.05) is 24.4 Å². The van der Waals surface area contributed by atoms with Gasteiger partial charge < -0.3 is 14.5 Å². The maximum atomic E-state index is 9.67. The number of aliphatic hydroxyl groups is 1. The molecule has 0 amide bonds. The molecule has 4 rings (SSSR count). The number of nitrogens with zero attached hydrogens (tertiary/aromatic N) is 2. The minimum atomic E-state index is -0.446. The first-order valence-electron chi connectivity index (χ1n) is 7.94. The highest BCUT2D eigenvalue weighted by Gasteiger charge is 2.15. The summed E-state index contributed by atoms with van der Waals surface area (Å²) < 4.78 is 2.19. The molecular formula is C19H19N3O. The molecular weight excluding hydrogens is 286 g/mol. The summed E-state index contributed by atoms with van der Waals surface area (Å²) in [6.07, 6.45) is 4.44. The Kier molecular flexibility index (Phi) is 3.20. The first-order valence-corrected chi connectivity index (χ1v) is 7.94. The molecule has 0 saturated heterocycles. The van der Waals surface area contributed by atoms with Crippen molar-refractivity contribution in [2.24, 2.45) is 0 Å². The van der Waals surface area contributed by atoms with Crippen LogP contribution in [0.4, 0.5) is 0 Å². The maximum Gasteiger partial charge on any atom is 0.155 e. The molecule has 3 aromatic heterocycles. The van der Waals surface area contributed by atoms with Gasteiger partial charge in [-0.3, -0.25) is 0 Å². The Hall–Kier alpha value is -2.59. The highest BCUT2D eigenvalue weighted by molar-refractivity contribution is 5.87. The number of hydrogen-bond acceptors (Lipinski definition) is 2. The van der Waals surface area contributed by atoms with Crippen LogP contribution in [0.15, 0.2) is 48.8 Å². The molecule has 0 aliphatic rings. The zero-order valence-electron chi connectivity index (χ0n) is 13.2. The van der Waals surface area contributed by atoms with Gasteiger partial charge in [0.15, 0.2) is 5.65 Å². The van der Waals surface area contributed by atoms with E-state index >= 15 is 0 Å². The number of aryl methyl sites for hydroxylation is 1. The first kappa shape index (κ1) is 14.0. The van der Waals surface area contributed by atoms with E-state index in [9.17, 15) is 5.11 Å². The summed E-state index contributed by atoms with van der Waals surface area (Å²) in [5.74, 6) is 0. The first-order chi connectivity index (χ1) is 11.2. The number of fused-ring (bicyclic) bond motifs is 3. The third-order valence-electron chi connectivity index (χ3n) is 4.44. The van der Waals surface area contributed by atoms with Crippen molar-refractivity contribution in [3.05, 3.63) is 59.9 Å². The van der Waals surface area contributed by atoms with E-state index in [1.54, 1.807) is 6.92 Å². The number of nitrogens with one attached hydrogen (secondary N) is 1. The molecule has 4 heteroatoms. The molecule has 0 radical (unpaired) electrons. The van der Waals surface area contributed by atoms with Crippen LogP contribution in [0.25, 0.3) is 27.9 Å². The van der Waals surface area contributed by atoms with Crippen LogP contribution in [-0.2, 0) is 6.42 Å². The Morgan fingerprint density at radius 1 is 1.22 bits per heavy atom. The Labute approximate surface area is 134 Å². The predicted molar refractivity (Wildman–Crippen MR) is 92.5 cm³/mol. The maximum absolute atomic E-state index is 9.67. The van der Waals surface area contributed by atoms with Gasteiger partial charge in [0.2, 0.25) is 0 Å². The number of aromatic nitrogens is 3. The lowest BCUT2D eigenvalue weighted by Gasteiger charge is -2.07. The van der Waals surface area contributed by atoms with Crippen molar-refractivity contribution in [1.82, 2.24) is 14.4 Å². The molecule has 0 aliphatic heterocycles. The van der Waals surface area contributed by atoms with E-state index in [0.717, 1.165) is 39.9 Å². The van der Waals surface area contributed by atoms with Gasteiger partial charge in [-0.2, -0.15) is 0 Å². The Bertz CT molecular complexity index is 977. The fraction of sp³-hybridized carbons (Fsp3) is 0.211. The average Bonchev–Trinajstić information content (AvgIpc) is 3.18. The van der Waals surface area contributed by atoms with Crippen molar-refractivity contribution in [3.8, 4) is 11.3 Å². The highest BCUT2D eigenvalue weighted by atomic mass is 16.3. The molecule has 0 saturated carbocycles. The highest BCUT2D eigenvalue weighted by Crippen LogP contribution is 2.31. The molecule has 1 atom stereocenters. The molecule has 116 valence electrons. The van der Waals surface area contributed by atoms with Gasteiger partial charge in [-0.15, -0.1) is 0 Å². The number of aliphatic hydroxyl groups excluding tert-OH is 1. The Balaban J connectivity index is 1.96. The van der Waals surface area contributed by atoms with Crippen LogP contribution in [0.2, 0.25) is 0 Å². The molecule has 0 fully saturated rings. The van der Waals surface area contributed by atoms with E-state index in [-0.39, 0.29) is 0 Å². The summed E-state index contributed by atoms with van der Waals surface area (Å²) in [7, 11) is 0. The van der Waals surface area contributed by atoms with E-state index in [0.29, 0.717) is 0 Å². The predicted octanol–water partition coefficient (Wildman–Crippen LogP) is 4.10. The normalized spacial score (nSPS) is 13.0. The number of H-pyrrole nitrogens is 1. The minimum Gasteiger partial charge on any atom is -0.389 e. The van der Waals surface area contributed by atoms with E-state index < -0.39 is 6.10 Å². The third-order valence-corrected chi connectivity index (χ3v) is 4.44.